The van der Waals surface area contributed by atoms with Crippen molar-refractivity contribution in [2.24, 2.45) is 5.73 Å². The van der Waals surface area contributed by atoms with Gasteiger partial charge in [-0.2, -0.15) is 0 Å². The number of nitrogens with two attached hydrogens (primary N) is 1. The van der Waals surface area contributed by atoms with Crippen LogP contribution in [0, 0.1) is 6.92 Å². The third kappa shape index (κ3) is 3.73. The first-order chi connectivity index (χ1) is 9.97. The Labute approximate surface area is 127 Å². The number of carbonyl (C=O) groups excluding carboxylic acids is 2. The van der Waals surface area contributed by atoms with Crippen molar-refractivity contribution in [3.8, 4) is 0 Å². The lowest BCUT2D eigenvalue weighted by Crippen LogP contribution is -2.19. The molecule has 0 unspecified atom stereocenters. The van der Waals surface area contributed by atoms with Gasteiger partial charge in [-0.25, -0.2) is 4.79 Å². The predicted molar refractivity (Wildman–Crippen MR) is 83.8 cm³/mol. The van der Waals surface area contributed by atoms with E-state index in [1.165, 1.54) is 0 Å². The monoisotopic (exact) mass is 303 g/mol. The number of nitrogens with one attached hydrogen (secondary N) is 2. The molecule has 2 aromatic rings. The van der Waals surface area contributed by atoms with Crippen molar-refractivity contribution in [2.75, 3.05) is 10.6 Å². The van der Waals surface area contributed by atoms with Crippen LogP contribution >= 0.6 is 11.6 Å². The Morgan fingerprint density at radius 2 is 1.71 bits per heavy atom. The number of benzene rings is 2. The number of hydrogen-bond donors (Lipinski definition) is 3. The highest BCUT2D eigenvalue weighted by atomic mass is 35.5. The van der Waals surface area contributed by atoms with E-state index in [0.717, 1.165) is 5.56 Å². The molecule has 0 aromatic heterocycles. The lowest BCUT2D eigenvalue weighted by atomic mass is 10.1. The van der Waals surface area contributed by atoms with Crippen molar-refractivity contribution < 1.29 is 9.59 Å². The lowest BCUT2D eigenvalue weighted by Gasteiger charge is -2.10. The maximum atomic E-state index is 12.1. The van der Waals surface area contributed by atoms with E-state index in [4.69, 9.17) is 17.3 Å². The molecule has 0 aliphatic carbocycles. The van der Waals surface area contributed by atoms with Crippen LogP contribution in [-0.4, -0.2) is 11.9 Å². The molecule has 0 fully saturated rings. The Hall–Kier alpha value is -2.53. The van der Waals surface area contributed by atoms with Crippen molar-refractivity contribution in [3.63, 3.8) is 0 Å². The van der Waals surface area contributed by atoms with Gasteiger partial charge in [0.1, 0.15) is 0 Å². The number of anilines is 2. The molecule has 0 saturated heterocycles. The largest absolute Gasteiger partial charge is 0.351 e. The van der Waals surface area contributed by atoms with Crippen molar-refractivity contribution in [1.29, 1.82) is 0 Å². The highest BCUT2D eigenvalue weighted by Crippen LogP contribution is 2.23. The molecule has 108 valence electrons. The Morgan fingerprint density at radius 3 is 2.33 bits per heavy atom. The van der Waals surface area contributed by atoms with Gasteiger partial charge in [0.15, 0.2) is 0 Å². The smallest absolute Gasteiger partial charge is 0.316 e. The summed E-state index contributed by atoms with van der Waals surface area (Å²) in [5, 5.41) is 5.81. The quantitative estimate of drug-likeness (QED) is 0.812. The summed E-state index contributed by atoms with van der Waals surface area (Å²) in [4.78, 5) is 22.9. The first kappa shape index (κ1) is 14.9. The Morgan fingerprint density at radius 1 is 1.05 bits per heavy atom. The zero-order valence-corrected chi connectivity index (χ0v) is 12.1. The van der Waals surface area contributed by atoms with Crippen LogP contribution in [0.2, 0.25) is 5.02 Å². The molecule has 2 aromatic carbocycles. The maximum Gasteiger partial charge on any atom is 0.316 e. The summed E-state index contributed by atoms with van der Waals surface area (Å²) in [5.74, 6) is -0.258. The molecular formula is C15H14ClN3O2. The number of amides is 3. The van der Waals surface area contributed by atoms with Crippen LogP contribution in [0.1, 0.15) is 15.9 Å². The molecule has 5 nitrogen and oxygen atoms in total. The van der Waals surface area contributed by atoms with Gasteiger partial charge in [-0.3, -0.25) is 4.79 Å². The van der Waals surface area contributed by atoms with E-state index in [1.54, 1.807) is 42.5 Å². The van der Waals surface area contributed by atoms with Crippen LogP contribution in [0.5, 0.6) is 0 Å². The van der Waals surface area contributed by atoms with Gasteiger partial charge in [0, 0.05) is 22.0 Å². The summed E-state index contributed by atoms with van der Waals surface area (Å²) in [6.07, 6.45) is 0. The number of halogens is 1. The topological polar surface area (TPSA) is 84.2 Å². The van der Waals surface area contributed by atoms with Crippen LogP contribution < -0.4 is 16.4 Å². The van der Waals surface area contributed by atoms with E-state index in [9.17, 15) is 9.59 Å². The molecule has 0 aliphatic heterocycles. The molecule has 2 rings (SSSR count). The first-order valence-corrected chi connectivity index (χ1v) is 6.58. The van der Waals surface area contributed by atoms with Gasteiger partial charge in [0.25, 0.3) is 5.91 Å². The molecule has 0 bridgehead atoms. The van der Waals surface area contributed by atoms with Gasteiger partial charge >= 0.3 is 6.03 Å². The molecule has 3 amide bonds. The van der Waals surface area contributed by atoms with Crippen LogP contribution in [-0.2, 0) is 0 Å². The average Bonchev–Trinajstić information content (AvgIpc) is 2.44. The van der Waals surface area contributed by atoms with Gasteiger partial charge in [-0.15, -0.1) is 0 Å². The van der Waals surface area contributed by atoms with Crippen molar-refractivity contribution in [1.82, 2.24) is 0 Å². The first-order valence-electron chi connectivity index (χ1n) is 6.20. The third-order valence-corrected chi connectivity index (χ3v) is 3.34. The highest BCUT2D eigenvalue weighted by molar-refractivity contribution is 6.31. The summed E-state index contributed by atoms with van der Waals surface area (Å²) in [7, 11) is 0. The zero-order chi connectivity index (χ0) is 15.4. The minimum absolute atomic E-state index is 0.258. The second kappa shape index (κ2) is 6.28. The molecule has 0 aliphatic rings. The molecule has 4 N–H and O–H groups in total. The maximum absolute atomic E-state index is 12.1. The van der Waals surface area contributed by atoms with Crippen molar-refractivity contribution in [3.05, 3.63) is 58.6 Å². The Bertz CT molecular complexity index is 684. The summed E-state index contributed by atoms with van der Waals surface area (Å²) in [6, 6.07) is 11.1. The van der Waals surface area contributed by atoms with Crippen LogP contribution in [0.15, 0.2) is 42.5 Å². The summed E-state index contributed by atoms with van der Waals surface area (Å²) in [6.45, 7) is 1.83. The molecule has 0 atom stereocenters. The van der Waals surface area contributed by atoms with E-state index in [0.29, 0.717) is 22.0 Å². The van der Waals surface area contributed by atoms with Crippen molar-refractivity contribution >= 4 is 34.9 Å². The standard InChI is InChI=1S/C15H14ClN3O2/c1-9-12(16)3-2-4-13(9)19-14(20)10-5-7-11(8-6-10)18-15(17)21/h2-8H,1H3,(H,19,20)(H3,17,18,21). The molecule has 0 heterocycles. The zero-order valence-electron chi connectivity index (χ0n) is 11.3. The fraction of sp³-hybridized carbons (Fsp3) is 0.0667. The lowest BCUT2D eigenvalue weighted by molar-refractivity contribution is 0.102. The van der Waals surface area contributed by atoms with E-state index in [-0.39, 0.29) is 5.91 Å². The molecule has 21 heavy (non-hydrogen) atoms. The number of urea groups is 1. The van der Waals surface area contributed by atoms with Crippen LogP contribution in [0.4, 0.5) is 16.2 Å². The van der Waals surface area contributed by atoms with E-state index in [1.807, 2.05) is 6.92 Å². The normalized spacial score (nSPS) is 10.0. The summed E-state index contributed by atoms with van der Waals surface area (Å²) < 4.78 is 0. The predicted octanol–water partition coefficient (Wildman–Crippen LogP) is 3.39. The number of carbonyl (C=O) groups is 2. The van der Waals surface area contributed by atoms with Gasteiger partial charge in [0.05, 0.1) is 0 Å². The third-order valence-electron chi connectivity index (χ3n) is 2.93. The Kier molecular flexibility index (Phi) is 4.45. The minimum atomic E-state index is -0.651. The Balaban J connectivity index is 2.13. The van der Waals surface area contributed by atoms with E-state index < -0.39 is 6.03 Å². The van der Waals surface area contributed by atoms with Gasteiger partial charge in [-0.1, -0.05) is 17.7 Å². The van der Waals surface area contributed by atoms with Gasteiger partial charge < -0.3 is 16.4 Å². The molecule has 0 saturated carbocycles. The fourth-order valence-corrected chi connectivity index (χ4v) is 1.96. The van der Waals surface area contributed by atoms with Gasteiger partial charge in [0.2, 0.25) is 0 Å². The highest BCUT2D eigenvalue weighted by Gasteiger charge is 2.09. The minimum Gasteiger partial charge on any atom is -0.351 e. The second-order valence-corrected chi connectivity index (χ2v) is 4.84. The van der Waals surface area contributed by atoms with Gasteiger partial charge in [-0.05, 0) is 48.9 Å². The summed E-state index contributed by atoms with van der Waals surface area (Å²) in [5.41, 5.74) is 7.47. The molecule has 0 spiro atoms. The fourth-order valence-electron chi connectivity index (χ4n) is 1.78. The second-order valence-electron chi connectivity index (χ2n) is 4.43. The molecule has 0 radical (unpaired) electrons. The van der Waals surface area contributed by atoms with Crippen molar-refractivity contribution in [2.45, 2.75) is 6.92 Å². The average molecular weight is 304 g/mol. The van der Waals surface area contributed by atoms with E-state index >= 15 is 0 Å². The number of hydrogen-bond acceptors (Lipinski definition) is 2. The number of rotatable bonds is 3. The van der Waals surface area contributed by atoms with E-state index in [2.05, 4.69) is 10.6 Å². The number of primary amides is 1. The van der Waals surface area contributed by atoms with Crippen LogP contribution in [0.25, 0.3) is 0 Å². The van der Waals surface area contributed by atoms with Crippen LogP contribution in [0.3, 0.4) is 0 Å². The SMILES string of the molecule is Cc1c(Cl)cccc1NC(=O)c1ccc(NC(N)=O)cc1. The molecular weight excluding hydrogens is 290 g/mol. The summed E-state index contributed by atoms with van der Waals surface area (Å²) >= 11 is 6.01. The molecule has 6 heteroatoms.